The first kappa shape index (κ1) is 21.2. The molecule has 1 aromatic heterocycles. The number of primary amides is 1. The second kappa shape index (κ2) is 8.96. The largest absolute Gasteiger partial charge is 0.478 e. The van der Waals surface area contributed by atoms with Crippen LogP contribution in [0.25, 0.3) is 10.9 Å². The number of rotatable bonds is 8. The third-order valence-electron chi connectivity index (χ3n) is 6.55. The summed E-state index contributed by atoms with van der Waals surface area (Å²) in [6.07, 6.45) is 7.99. The third-order valence-corrected chi connectivity index (χ3v) is 6.55. The van der Waals surface area contributed by atoms with Gasteiger partial charge in [-0.15, -0.1) is 0 Å². The minimum Gasteiger partial charge on any atom is -0.478 e. The second-order valence-corrected chi connectivity index (χ2v) is 8.60. The number of nitrogens with two attached hydrogens (primary N) is 1. The monoisotopic (exact) mass is 418 g/mol. The van der Waals surface area contributed by atoms with Gasteiger partial charge in [0, 0.05) is 23.2 Å². The summed E-state index contributed by atoms with van der Waals surface area (Å²) >= 11 is 0. The molecule has 0 radical (unpaired) electrons. The topological polar surface area (TPSA) is 85.3 Å². The van der Waals surface area contributed by atoms with Gasteiger partial charge in [-0.25, -0.2) is 4.79 Å². The van der Waals surface area contributed by atoms with Gasteiger partial charge in [0.25, 0.3) is 0 Å². The smallest absolute Gasteiger partial charge is 0.337 e. The number of carboxylic acids is 1. The number of hydrogen-bond acceptors (Lipinski definition) is 2. The minimum absolute atomic E-state index is 0.338. The van der Waals surface area contributed by atoms with Gasteiger partial charge in [0.05, 0.1) is 11.1 Å². The lowest BCUT2D eigenvalue weighted by Crippen LogP contribution is -2.15. The molecule has 3 aromatic rings. The van der Waals surface area contributed by atoms with Crippen LogP contribution >= 0.6 is 0 Å². The maximum Gasteiger partial charge on any atom is 0.337 e. The van der Waals surface area contributed by atoms with Gasteiger partial charge < -0.3 is 15.4 Å². The van der Waals surface area contributed by atoms with Crippen molar-refractivity contribution in [2.45, 2.75) is 64.3 Å². The van der Waals surface area contributed by atoms with E-state index in [1.165, 1.54) is 30.5 Å². The number of para-hydroxylation sites is 1. The lowest BCUT2D eigenvalue weighted by molar-refractivity contribution is 0.0698. The molecule has 1 unspecified atom stereocenters. The van der Waals surface area contributed by atoms with Crippen molar-refractivity contribution >= 4 is 22.8 Å². The van der Waals surface area contributed by atoms with Crippen LogP contribution in [0, 0.1) is 0 Å². The molecular weight excluding hydrogens is 388 g/mol. The number of hydrogen-bond donors (Lipinski definition) is 2. The van der Waals surface area contributed by atoms with E-state index >= 15 is 0 Å². The van der Waals surface area contributed by atoms with Crippen molar-refractivity contribution in [2.75, 3.05) is 0 Å². The number of aromatic carboxylic acids is 1. The number of amides is 1. The summed E-state index contributed by atoms with van der Waals surface area (Å²) in [5.74, 6) is -0.890. The number of nitrogens with zero attached hydrogens (tertiary/aromatic N) is 1. The van der Waals surface area contributed by atoms with E-state index in [0.717, 1.165) is 42.1 Å². The molecule has 0 spiro atoms. The quantitative estimate of drug-likeness (QED) is 0.475. The third kappa shape index (κ3) is 4.09. The van der Waals surface area contributed by atoms with Crippen molar-refractivity contribution in [1.29, 1.82) is 0 Å². The zero-order valence-corrected chi connectivity index (χ0v) is 18.1. The Morgan fingerprint density at radius 2 is 1.97 bits per heavy atom. The van der Waals surface area contributed by atoms with Crippen LogP contribution in [0.3, 0.4) is 0 Å². The molecule has 3 N–H and O–H groups in total. The molecule has 0 saturated heterocycles. The number of unbranched alkanes of at least 4 members (excludes halogenated alkanes) is 2. The molecule has 4 rings (SSSR count). The molecule has 2 aromatic carbocycles. The fourth-order valence-electron chi connectivity index (χ4n) is 5.15. The summed E-state index contributed by atoms with van der Waals surface area (Å²) in [6, 6.07) is 13.0. The molecule has 31 heavy (non-hydrogen) atoms. The first-order chi connectivity index (χ1) is 15.0. The summed E-state index contributed by atoms with van der Waals surface area (Å²) in [7, 11) is 0. The summed E-state index contributed by atoms with van der Waals surface area (Å²) < 4.78 is 2.18. The maximum atomic E-state index is 12.1. The van der Waals surface area contributed by atoms with E-state index < -0.39 is 11.9 Å². The van der Waals surface area contributed by atoms with Crippen LogP contribution in [0.15, 0.2) is 42.5 Å². The molecule has 0 saturated carbocycles. The number of aromatic nitrogens is 1. The Bertz CT molecular complexity index is 1130. The summed E-state index contributed by atoms with van der Waals surface area (Å²) in [6.45, 7) is 2.75. The van der Waals surface area contributed by atoms with E-state index in [-0.39, 0.29) is 0 Å². The molecule has 1 heterocycles. The second-order valence-electron chi connectivity index (χ2n) is 8.60. The van der Waals surface area contributed by atoms with Gasteiger partial charge in [0.2, 0.25) is 5.91 Å². The Morgan fingerprint density at radius 3 is 2.71 bits per heavy atom. The predicted octanol–water partition coefficient (Wildman–Crippen LogP) is 5.49. The van der Waals surface area contributed by atoms with Gasteiger partial charge in [-0.3, -0.25) is 4.79 Å². The van der Waals surface area contributed by atoms with Gasteiger partial charge in [-0.1, -0.05) is 50.5 Å². The average molecular weight is 419 g/mol. The van der Waals surface area contributed by atoms with Gasteiger partial charge in [0.15, 0.2) is 0 Å². The van der Waals surface area contributed by atoms with Gasteiger partial charge in [-0.2, -0.15) is 0 Å². The highest BCUT2D eigenvalue weighted by atomic mass is 16.4. The van der Waals surface area contributed by atoms with E-state index in [1.54, 1.807) is 12.1 Å². The van der Waals surface area contributed by atoms with Crippen molar-refractivity contribution < 1.29 is 14.7 Å². The van der Waals surface area contributed by atoms with Gasteiger partial charge >= 0.3 is 5.97 Å². The van der Waals surface area contributed by atoms with Crippen LogP contribution in [-0.4, -0.2) is 21.6 Å². The first-order valence-corrected chi connectivity index (χ1v) is 11.3. The Labute approximate surface area is 182 Å². The molecule has 0 fully saturated rings. The number of carboxylic acid groups (broad SMARTS) is 1. The molecular formula is C26H30N2O3. The normalized spacial score (nSPS) is 15.7. The molecule has 162 valence electrons. The standard InChI is InChI=1S/C26H30N2O3/c1-2-3-4-9-18-10-6-14-22-23(18)20-12-7-13-21(26(30)31)24(20)28(22)16-17-8-5-11-19(15-17)25(27)29/h5,7-8,11-13,15,18H,2-4,6,9-10,14,16H2,1H3,(H2,27,29)(H,30,31). The lowest BCUT2D eigenvalue weighted by Gasteiger charge is -2.25. The van der Waals surface area contributed by atoms with Crippen LogP contribution in [0.2, 0.25) is 0 Å². The zero-order valence-electron chi connectivity index (χ0n) is 18.1. The van der Waals surface area contributed by atoms with E-state index in [2.05, 4.69) is 17.6 Å². The molecule has 1 aliphatic carbocycles. The fourth-order valence-corrected chi connectivity index (χ4v) is 5.15. The molecule has 5 heteroatoms. The summed E-state index contributed by atoms with van der Waals surface area (Å²) in [4.78, 5) is 23.7. The Hall–Kier alpha value is -3.08. The molecule has 0 aliphatic heterocycles. The number of carbonyl (C=O) groups excluding carboxylic acids is 1. The molecule has 5 nitrogen and oxygen atoms in total. The molecule has 1 aliphatic rings. The highest BCUT2D eigenvalue weighted by Gasteiger charge is 2.29. The van der Waals surface area contributed by atoms with E-state index in [1.807, 2.05) is 24.3 Å². The lowest BCUT2D eigenvalue weighted by atomic mass is 9.82. The van der Waals surface area contributed by atoms with Crippen molar-refractivity contribution in [3.8, 4) is 0 Å². The molecule has 1 amide bonds. The Balaban J connectivity index is 1.87. The molecule has 0 bridgehead atoms. The average Bonchev–Trinajstić information content (AvgIpc) is 3.08. The van der Waals surface area contributed by atoms with E-state index in [4.69, 9.17) is 5.73 Å². The zero-order chi connectivity index (χ0) is 22.0. The van der Waals surface area contributed by atoms with Crippen LogP contribution in [0.1, 0.15) is 88.9 Å². The Kier molecular flexibility index (Phi) is 6.12. The fraction of sp³-hybridized carbons (Fsp3) is 0.385. The van der Waals surface area contributed by atoms with Gasteiger partial charge in [-0.05, 0) is 60.9 Å². The number of carbonyl (C=O) groups is 2. The van der Waals surface area contributed by atoms with Crippen molar-refractivity contribution in [3.05, 3.63) is 70.4 Å². The molecule has 1 atom stereocenters. The maximum absolute atomic E-state index is 12.1. The van der Waals surface area contributed by atoms with Crippen LogP contribution < -0.4 is 5.73 Å². The highest BCUT2D eigenvalue weighted by Crippen LogP contribution is 2.42. The van der Waals surface area contributed by atoms with Gasteiger partial charge in [0.1, 0.15) is 0 Å². The SMILES string of the molecule is CCCCCC1CCCc2c1c1cccc(C(=O)O)c1n2Cc1cccc(C(N)=O)c1. The number of fused-ring (bicyclic) bond motifs is 3. The predicted molar refractivity (Wildman–Crippen MR) is 123 cm³/mol. The first-order valence-electron chi connectivity index (χ1n) is 11.3. The van der Waals surface area contributed by atoms with Crippen molar-refractivity contribution in [3.63, 3.8) is 0 Å². The van der Waals surface area contributed by atoms with Crippen molar-refractivity contribution in [2.24, 2.45) is 5.73 Å². The Morgan fingerprint density at radius 1 is 1.16 bits per heavy atom. The van der Waals surface area contributed by atoms with Crippen LogP contribution in [-0.2, 0) is 13.0 Å². The van der Waals surface area contributed by atoms with Crippen LogP contribution in [0.4, 0.5) is 0 Å². The minimum atomic E-state index is -0.907. The summed E-state index contributed by atoms with van der Waals surface area (Å²) in [5, 5.41) is 11.0. The van der Waals surface area contributed by atoms with Crippen LogP contribution in [0.5, 0.6) is 0 Å². The van der Waals surface area contributed by atoms with E-state index in [9.17, 15) is 14.7 Å². The van der Waals surface area contributed by atoms with E-state index in [0.29, 0.717) is 23.6 Å². The summed E-state index contributed by atoms with van der Waals surface area (Å²) in [5.41, 5.74) is 10.6. The highest BCUT2D eigenvalue weighted by molar-refractivity contribution is 6.04. The van der Waals surface area contributed by atoms with Crippen molar-refractivity contribution in [1.82, 2.24) is 4.57 Å². The number of benzene rings is 2.